The SMILES string of the molecule is Cc1cc(C)c(S(=O)(=O)N(C)C2CC3CCC(C2)N3)s1. The molecule has 2 bridgehead atoms. The van der Waals surface area contributed by atoms with Crippen molar-refractivity contribution in [3.63, 3.8) is 0 Å². The Hall–Kier alpha value is -0.430. The molecule has 0 amide bonds. The average molecular weight is 314 g/mol. The van der Waals surface area contributed by atoms with Gasteiger partial charge in [-0.1, -0.05) is 0 Å². The lowest BCUT2D eigenvalue weighted by Crippen LogP contribution is -2.48. The number of sulfonamides is 1. The van der Waals surface area contributed by atoms with Crippen molar-refractivity contribution in [3.8, 4) is 0 Å². The second kappa shape index (κ2) is 5.09. The largest absolute Gasteiger partial charge is 0.311 e. The first-order chi connectivity index (χ1) is 9.38. The van der Waals surface area contributed by atoms with Gasteiger partial charge >= 0.3 is 0 Å². The Balaban J connectivity index is 1.86. The zero-order chi connectivity index (χ0) is 14.5. The number of nitrogens with zero attached hydrogens (tertiary/aromatic N) is 1. The van der Waals surface area contributed by atoms with Crippen molar-refractivity contribution in [1.82, 2.24) is 9.62 Å². The number of thiophene rings is 1. The second-order valence-corrected chi connectivity index (χ2v) is 9.56. The van der Waals surface area contributed by atoms with Gasteiger partial charge in [0.15, 0.2) is 0 Å². The van der Waals surface area contributed by atoms with E-state index < -0.39 is 10.0 Å². The molecule has 0 saturated carbocycles. The van der Waals surface area contributed by atoms with Crippen molar-refractivity contribution in [2.24, 2.45) is 0 Å². The highest BCUT2D eigenvalue weighted by Gasteiger charge is 2.39. The molecule has 2 fully saturated rings. The summed E-state index contributed by atoms with van der Waals surface area (Å²) < 4.78 is 27.8. The lowest BCUT2D eigenvalue weighted by molar-refractivity contribution is 0.251. The van der Waals surface area contributed by atoms with Crippen LogP contribution in [0.15, 0.2) is 10.3 Å². The van der Waals surface area contributed by atoms with Crippen molar-refractivity contribution in [2.45, 2.75) is 61.9 Å². The van der Waals surface area contributed by atoms with Gasteiger partial charge in [-0.05, 0) is 51.2 Å². The minimum atomic E-state index is -3.34. The van der Waals surface area contributed by atoms with Gasteiger partial charge in [0, 0.05) is 30.1 Å². The Labute approximate surface area is 125 Å². The lowest BCUT2D eigenvalue weighted by atomic mass is 10.0. The van der Waals surface area contributed by atoms with Crippen LogP contribution in [0.25, 0.3) is 0 Å². The first-order valence-corrected chi connectivity index (χ1v) is 9.44. The molecule has 2 aliphatic heterocycles. The topological polar surface area (TPSA) is 49.4 Å². The van der Waals surface area contributed by atoms with Gasteiger partial charge in [-0.25, -0.2) is 8.42 Å². The number of nitrogens with one attached hydrogen (secondary N) is 1. The molecule has 3 heterocycles. The molecule has 1 aromatic heterocycles. The van der Waals surface area contributed by atoms with Crippen LogP contribution in [-0.2, 0) is 10.0 Å². The number of piperidine rings is 1. The van der Waals surface area contributed by atoms with Crippen LogP contribution in [0, 0.1) is 13.8 Å². The molecule has 0 spiro atoms. The molecule has 2 atom stereocenters. The highest BCUT2D eigenvalue weighted by molar-refractivity contribution is 7.91. The van der Waals surface area contributed by atoms with Gasteiger partial charge in [-0.15, -0.1) is 11.3 Å². The third kappa shape index (κ3) is 2.43. The molecule has 2 unspecified atom stereocenters. The minimum absolute atomic E-state index is 0.139. The summed E-state index contributed by atoms with van der Waals surface area (Å²) in [6, 6.07) is 3.10. The fourth-order valence-corrected chi connectivity index (χ4v) is 6.74. The molecule has 1 aromatic rings. The quantitative estimate of drug-likeness (QED) is 0.931. The molecule has 6 heteroatoms. The summed E-state index contributed by atoms with van der Waals surface area (Å²) in [5.74, 6) is 0. The average Bonchev–Trinajstić information content (AvgIpc) is 2.90. The van der Waals surface area contributed by atoms with E-state index in [1.54, 1.807) is 11.4 Å². The third-order valence-corrected chi connectivity index (χ3v) is 8.25. The van der Waals surface area contributed by atoms with Crippen LogP contribution in [0.3, 0.4) is 0 Å². The molecular weight excluding hydrogens is 292 g/mol. The van der Waals surface area contributed by atoms with E-state index in [0.29, 0.717) is 16.3 Å². The molecule has 0 radical (unpaired) electrons. The molecule has 0 aliphatic carbocycles. The van der Waals surface area contributed by atoms with E-state index >= 15 is 0 Å². The summed E-state index contributed by atoms with van der Waals surface area (Å²) in [5, 5.41) is 3.56. The van der Waals surface area contributed by atoms with Crippen LogP contribution in [0.5, 0.6) is 0 Å². The summed E-state index contributed by atoms with van der Waals surface area (Å²) >= 11 is 1.39. The van der Waals surface area contributed by atoms with E-state index in [9.17, 15) is 8.42 Å². The molecular formula is C14H22N2O2S2. The van der Waals surface area contributed by atoms with Gasteiger partial charge in [0.25, 0.3) is 10.0 Å². The summed E-state index contributed by atoms with van der Waals surface area (Å²) in [6.45, 7) is 3.85. The third-order valence-electron chi connectivity index (χ3n) is 4.57. The fraction of sp³-hybridized carbons (Fsp3) is 0.714. The van der Waals surface area contributed by atoms with Gasteiger partial charge in [0.2, 0.25) is 0 Å². The number of hydrogen-bond donors (Lipinski definition) is 1. The Kier molecular flexibility index (Phi) is 3.69. The summed E-state index contributed by atoms with van der Waals surface area (Å²) in [7, 11) is -1.59. The highest BCUT2D eigenvalue weighted by Crippen LogP contribution is 2.34. The molecule has 20 heavy (non-hydrogen) atoms. The minimum Gasteiger partial charge on any atom is -0.311 e. The normalized spacial score (nSPS) is 30.1. The van der Waals surface area contributed by atoms with Gasteiger partial charge < -0.3 is 5.32 Å². The second-order valence-electron chi connectivity index (χ2n) is 6.11. The Morgan fingerprint density at radius 3 is 2.35 bits per heavy atom. The van der Waals surface area contributed by atoms with Gasteiger partial charge in [-0.2, -0.15) is 4.31 Å². The first-order valence-electron chi connectivity index (χ1n) is 7.19. The molecule has 4 nitrogen and oxygen atoms in total. The monoisotopic (exact) mass is 314 g/mol. The molecule has 3 rings (SSSR count). The van der Waals surface area contributed by atoms with Gasteiger partial charge in [0.1, 0.15) is 4.21 Å². The number of aryl methyl sites for hydroxylation is 2. The van der Waals surface area contributed by atoms with Crippen molar-refractivity contribution in [2.75, 3.05) is 7.05 Å². The Morgan fingerprint density at radius 1 is 1.25 bits per heavy atom. The van der Waals surface area contributed by atoms with Gasteiger partial charge in [-0.3, -0.25) is 0 Å². The van der Waals surface area contributed by atoms with Crippen molar-refractivity contribution in [3.05, 3.63) is 16.5 Å². The standard InChI is InChI=1S/C14H22N2O2S2/c1-9-6-10(2)19-14(9)20(17,18)16(3)13-7-11-4-5-12(8-13)15-11/h6,11-13,15H,4-5,7-8H2,1-3H3. The predicted octanol–water partition coefficient (Wildman–Crippen LogP) is 2.27. The van der Waals surface area contributed by atoms with Crippen LogP contribution in [-0.4, -0.2) is 37.9 Å². The first kappa shape index (κ1) is 14.5. The number of fused-ring (bicyclic) bond motifs is 2. The van der Waals surface area contributed by atoms with Crippen molar-refractivity contribution < 1.29 is 8.42 Å². The Morgan fingerprint density at radius 2 is 1.85 bits per heavy atom. The number of hydrogen-bond acceptors (Lipinski definition) is 4. The lowest BCUT2D eigenvalue weighted by Gasteiger charge is -2.34. The van der Waals surface area contributed by atoms with Crippen LogP contribution in [0.4, 0.5) is 0 Å². The van der Waals surface area contributed by atoms with Crippen LogP contribution in [0.2, 0.25) is 0 Å². The van der Waals surface area contributed by atoms with E-state index in [1.807, 2.05) is 19.9 Å². The number of rotatable bonds is 3. The van der Waals surface area contributed by atoms with Crippen molar-refractivity contribution in [1.29, 1.82) is 0 Å². The maximum atomic E-state index is 12.8. The van der Waals surface area contributed by atoms with Crippen LogP contribution >= 0.6 is 11.3 Å². The maximum Gasteiger partial charge on any atom is 0.252 e. The van der Waals surface area contributed by atoms with E-state index in [4.69, 9.17) is 0 Å². The van der Waals surface area contributed by atoms with Crippen LogP contribution < -0.4 is 5.32 Å². The zero-order valence-electron chi connectivity index (χ0n) is 12.2. The zero-order valence-corrected chi connectivity index (χ0v) is 13.9. The summed E-state index contributed by atoms with van der Waals surface area (Å²) in [6.07, 6.45) is 4.25. The van der Waals surface area contributed by atoms with E-state index in [2.05, 4.69) is 5.32 Å². The summed E-state index contributed by atoms with van der Waals surface area (Å²) in [5.41, 5.74) is 0.872. The van der Waals surface area contributed by atoms with Gasteiger partial charge in [0.05, 0.1) is 0 Å². The molecule has 1 N–H and O–H groups in total. The molecule has 0 aromatic carbocycles. The summed E-state index contributed by atoms with van der Waals surface area (Å²) in [4.78, 5) is 1.06. The van der Waals surface area contributed by atoms with E-state index in [1.165, 1.54) is 24.2 Å². The predicted molar refractivity (Wildman–Crippen MR) is 81.7 cm³/mol. The van der Waals surface area contributed by atoms with Crippen LogP contribution in [0.1, 0.15) is 36.1 Å². The maximum absolute atomic E-state index is 12.8. The highest BCUT2D eigenvalue weighted by atomic mass is 32.2. The fourth-order valence-electron chi connectivity index (χ4n) is 3.53. The molecule has 2 aliphatic rings. The Bertz CT molecular complexity index is 597. The smallest absolute Gasteiger partial charge is 0.252 e. The molecule has 2 saturated heterocycles. The van der Waals surface area contributed by atoms with Crippen molar-refractivity contribution >= 4 is 21.4 Å². The van der Waals surface area contributed by atoms with E-state index in [0.717, 1.165) is 23.3 Å². The van der Waals surface area contributed by atoms with E-state index in [-0.39, 0.29) is 6.04 Å². The molecule has 112 valence electrons.